The number of nitrogens with zero attached hydrogens (tertiary/aromatic N) is 1. The number of ether oxygens (including phenoxy) is 2. The van der Waals surface area contributed by atoms with Crippen molar-refractivity contribution in [3.05, 3.63) is 130 Å². The predicted molar refractivity (Wildman–Crippen MR) is 228 cm³/mol. The van der Waals surface area contributed by atoms with E-state index in [9.17, 15) is 44.1 Å². The third-order valence-corrected chi connectivity index (χ3v) is 8.52. The molecule has 0 radical (unpaired) electrons. The number of phenolic OH excluding ortho intramolecular Hbond substituents is 3. The zero-order valence-electron chi connectivity index (χ0n) is 33.5. The molecule has 318 valence electrons. The van der Waals surface area contributed by atoms with Gasteiger partial charge in [-0.15, -0.1) is 0 Å². The first-order valence-corrected chi connectivity index (χ1v) is 18.1. The summed E-state index contributed by atoms with van der Waals surface area (Å²) in [4.78, 5) is 75.4. The van der Waals surface area contributed by atoms with Crippen LogP contribution in [0.5, 0.6) is 28.7 Å². The van der Waals surface area contributed by atoms with Crippen molar-refractivity contribution >= 4 is 64.3 Å². The first-order valence-electron chi connectivity index (χ1n) is 18.1. The van der Waals surface area contributed by atoms with Crippen LogP contribution in [0.3, 0.4) is 0 Å². The van der Waals surface area contributed by atoms with E-state index >= 15 is 0 Å². The van der Waals surface area contributed by atoms with Gasteiger partial charge in [-0.2, -0.15) is 5.26 Å². The molecule has 62 heavy (non-hydrogen) atoms. The number of rotatable bonds is 14. The second-order valence-electron chi connectivity index (χ2n) is 12.8. The van der Waals surface area contributed by atoms with Crippen molar-refractivity contribution in [3.8, 4) is 34.8 Å². The number of hydrogen-bond donors (Lipinski definition) is 9. The van der Waals surface area contributed by atoms with Gasteiger partial charge in [0.05, 0.1) is 54.9 Å². The Kier molecular flexibility index (Phi) is 15.7. The number of benzene rings is 5. The maximum absolute atomic E-state index is 13.1. The molecule has 0 bridgehead atoms. The average Bonchev–Trinajstić information content (AvgIpc) is 3.24. The molecule has 0 spiro atoms. The van der Waals surface area contributed by atoms with Crippen molar-refractivity contribution in [1.29, 1.82) is 5.26 Å². The van der Waals surface area contributed by atoms with Crippen LogP contribution in [0, 0.1) is 11.3 Å². The molecule has 5 aromatic rings. The molecule has 18 nitrogen and oxygen atoms in total. The fraction of sp³-hybridized carbons (Fsp3) is 0.114. The van der Waals surface area contributed by atoms with Crippen LogP contribution in [-0.2, 0) is 9.59 Å². The number of carboxylic acids is 1. The highest BCUT2D eigenvalue weighted by molar-refractivity contribution is 6.10. The molecule has 0 aliphatic heterocycles. The van der Waals surface area contributed by atoms with Crippen molar-refractivity contribution in [2.24, 2.45) is 0 Å². The molecule has 0 saturated carbocycles. The van der Waals surface area contributed by atoms with Crippen LogP contribution >= 0.6 is 0 Å². The number of nitrogens with one attached hydrogen (secondary N) is 5. The van der Waals surface area contributed by atoms with E-state index < -0.39 is 53.5 Å². The Morgan fingerprint density at radius 2 is 1.11 bits per heavy atom. The lowest BCUT2D eigenvalue weighted by Gasteiger charge is -2.15. The summed E-state index contributed by atoms with van der Waals surface area (Å²) in [5, 5.41) is 60.2. The van der Waals surface area contributed by atoms with Gasteiger partial charge in [-0.05, 0) is 103 Å². The summed E-state index contributed by atoms with van der Waals surface area (Å²) in [6.45, 7) is 2.50. The third kappa shape index (κ3) is 11.9. The molecule has 0 aliphatic carbocycles. The molecule has 0 heterocycles. The SMILES string of the molecule is CC#N.COc1c(NC(=O)/C(C)=C/c2ccc(O)cc2)ccc(C(=O)NCC(=O)Nc2ccc(C(=O)Nc3ccc(C(=O)Nc4ccc(C(=O)O)cc4)c(O)c3OC)cc2)c1O. The van der Waals surface area contributed by atoms with Gasteiger partial charge in [-0.3, -0.25) is 24.0 Å². The topological polar surface area (TPSA) is 286 Å². The molecular weight excluding hydrogens is 805 g/mol. The van der Waals surface area contributed by atoms with Gasteiger partial charge < -0.3 is 56.5 Å². The van der Waals surface area contributed by atoms with Crippen molar-refractivity contribution in [1.82, 2.24) is 5.32 Å². The number of amides is 5. The molecule has 5 aromatic carbocycles. The van der Waals surface area contributed by atoms with E-state index in [1.807, 2.05) is 0 Å². The molecule has 9 N–H and O–H groups in total. The standard InChI is InChI=1S/C42H37N5O12.C2H3N/c1-22(20-23-4-14-28(48)15-5-23)38(52)46-31-18-16-29(34(50)36(31)58-2)40(54)43-21-33(49)44-26-10-6-24(7-11-26)39(53)47-32-19-17-30(35(51)37(32)59-3)41(55)45-27-12-8-25(9-13-27)42(56)57;1-2-3/h4-20,48,50-51H,21H2,1-3H3,(H,43,54)(H,44,49)(H,45,55)(H,46,52)(H,47,53)(H,56,57);1H3/b22-20+;. The summed E-state index contributed by atoms with van der Waals surface area (Å²) in [6.07, 6.45) is 1.59. The summed E-state index contributed by atoms with van der Waals surface area (Å²) in [7, 11) is 2.47. The summed E-state index contributed by atoms with van der Waals surface area (Å²) in [6, 6.07) is 24.3. The Morgan fingerprint density at radius 1 is 0.629 bits per heavy atom. The number of aromatic hydroxyl groups is 3. The van der Waals surface area contributed by atoms with Crippen LogP contribution in [0.15, 0.2) is 103 Å². The molecule has 5 amide bonds. The zero-order chi connectivity index (χ0) is 45.5. The van der Waals surface area contributed by atoms with E-state index in [-0.39, 0.29) is 62.3 Å². The summed E-state index contributed by atoms with van der Waals surface area (Å²) in [5.41, 5.74) is 1.43. The van der Waals surface area contributed by atoms with E-state index in [0.29, 0.717) is 11.1 Å². The van der Waals surface area contributed by atoms with Gasteiger partial charge in [-0.25, -0.2) is 4.79 Å². The van der Waals surface area contributed by atoms with Crippen LogP contribution in [0.25, 0.3) is 6.08 Å². The van der Waals surface area contributed by atoms with Crippen LogP contribution in [0.2, 0.25) is 0 Å². The predicted octanol–water partition coefficient (Wildman–Crippen LogP) is 5.96. The number of carbonyl (C=O) groups excluding carboxylic acids is 5. The first-order chi connectivity index (χ1) is 29.6. The number of hydrogen-bond acceptors (Lipinski definition) is 12. The van der Waals surface area contributed by atoms with Gasteiger partial charge in [0.15, 0.2) is 23.0 Å². The zero-order valence-corrected chi connectivity index (χ0v) is 33.5. The maximum atomic E-state index is 13.1. The van der Waals surface area contributed by atoms with Crippen molar-refractivity contribution in [2.75, 3.05) is 42.0 Å². The molecule has 0 aromatic heterocycles. The van der Waals surface area contributed by atoms with Crippen molar-refractivity contribution in [2.45, 2.75) is 13.8 Å². The lowest BCUT2D eigenvalue weighted by molar-refractivity contribution is -0.115. The summed E-state index contributed by atoms with van der Waals surface area (Å²) < 4.78 is 10.5. The maximum Gasteiger partial charge on any atom is 0.335 e. The van der Waals surface area contributed by atoms with E-state index in [0.717, 1.165) is 0 Å². The van der Waals surface area contributed by atoms with E-state index in [1.54, 1.807) is 31.2 Å². The minimum atomic E-state index is -1.13. The molecule has 5 rings (SSSR count). The van der Waals surface area contributed by atoms with Gasteiger partial charge in [0.2, 0.25) is 5.91 Å². The number of methoxy groups -OCH3 is 2. The second kappa shape index (κ2) is 21.2. The van der Waals surface area contributed by atoms with Crippen molar-refractivity contribution in [3.63, 3.8) is 0 Å². The number of aromatic carboxylic acids is 1. The summed E-state index contributed by atoms with van der Waals surface area (Å²) in [5.74, 6) is -5.87. The minimum Gasteiger partial charge on any atom is -0.508 e. The first kappa shape index (κ1) is 45.8. The highest BCUT2D eigenvalue weighted by Crippen LogP contribution is 2.39. The van der Waals surface area contributed by atoms with Crippen LogP contribution in [-0.4, -0.2) is 76.7 Å². The van der Waals surface area contributed by atoms with Gasteiger partial charge in [0, 0.05) is 29.4 Å². The molecular formula is C44H40N6O12. The van der Waals surface area contributed by atoms with E-state index in [4.69, 9.17) is 19.8 Å². The average molecular weight is 845 g/mol. The molecule has 0 fully saturated rings. The van der Waals surface area contributed by atoms with E-state index in [1.165, 1.54) is 106 Å². The third-order valence-electron chi connectivity index (χ3n) is 8.52. The lowest BCUT2D eigenvalue weighted by atomic mass is 10.1. The van der Waals surface area contributed by atoms with Gasteiger partial charge in [0.25, 0.3) is 23.6 Å². The second-order valence-corrected chi connectivity index (χ2v) is 12.8. The monoisotopic (exact) mass is 844 g/mol. The Balaban J connectivity index is 0.00000273. The smallest absolute Gasteiger partial charge is 0.335 e. The lowest BCUT2D eigenvalue weighted by Crippen LogP contribution is -2.33. The highest BCUT2D eigenvalue weighted by Gasteiger charge is 2.22. The molecule has 0 saturated heterocycles. The number of anilines is 4. The quantitative estimate of drug-likeness (QED) is 0.0584. The fourth-order valence-electron chi connectivity index (χ4n) is 5.48. The largest absolute Gasteiger partial charge is 0.508 e. The fourth-order valence-corrected chi connectivity index (χ4v) is 5.48. The number of carboxylic acid groups (broad SMARTS) is 1. The van der Waals surface area contributed by atoms with Crippen molar-refractivity contribution < 1.29 is 58.7 Å². The van der Waals surface area contributed by atoms with Crippen LogP contribution in [0.1, 0.15) is 60.8 Å². The number of nitriles is 1. The van der Waals surface area contributed by atoms with Gasteiger partial charge >= 0.3 is 5.97 Å². The minimum absolute atomic E-state index is 0.0246. The van der Waals surface area contributed by atoms with E-state index in [2.05, 4.69) is 26.6 Å². The van der Waals surface area contributed by atoms with Crippen LogP contribution < -0.4 is 36.1 Å². The Hall–Kier alpha value is -8.85. The number of phenols is 3. The molecule has 0 atom stereocenters. The number of carbonyl (C=O) groups is 6. The van der Waals surface area contributed by atoms with Gasteiger partial charge in [0.1, 0.15) is 5.75 Å². The molecule has 18 heteroatoms. The molecule has 0 aliphatic rings. The Morgan fingerprint density at radius 3 is 1.63 bits per heavy atom. The van der Waals surface area contributed by atoms with Gasteiger partial charge in [-0.1, -0.05) is 12.1 Å². The summed E-state index contributed by atoms with van der Waals surface area (Å²) >= 11 is 0. The Bertz CT molecular complexity index is 2570. The highest BCUT2D eigenvalue weighted by atomic mass is 16.5. The molecule has 0 unspecified atom stereocenters. The normalized spacial score (nSPS) is 10.4. The van der Waals surface area contributed by atoms with Crippen LogP contribution in [0.4, 0.5) is 22.7 Å². The Labute approximate surface area is 354 Å².